The average Bonchev–Trinajstić information content (AvgIpc) is 2.64. The molecule has 2 amide bonds. The van der Waals surface area contributed by atoms with Gasteiger partial charge in [-0.2, -0.15) is 0 Å². The number of amides is 2. The van der Waals surface area contributed by atoms with Gasteiger partial charge in [0, 0.05) is 19.5 Å². The number of rotatable bonds is 7. The van der Waals surface area contributed by atoms with E-state index in [1.54, 1.807) is 30.3 Å². The van der Waals surface area contributed by atoms with Crippen LogP contribution in [0, 0.1) is 5.82 Å². The molecule has 0 fully saturated rings. The Morgan fingerprint density at radius 2 is 1.77 bits per heavy atom. The number of carbonyl (C=O) groups excluding carboxylic acids is 2. The molecule has 7 heteroatoms. The van der Waals surface area contributed by atoms with Gasteiger partial charge in [-0.05, 0) is 29.8 Å². The summed E-state index contributed by atoms with van der Waals surface area (Å²) in [7, 11) is 3.00. The third kappa shape index (κ3) is 4.95. The van der Waals surface area contributed by atoms with Crippen LogP contribution in [-0.4, -0.2) is 32.6 Å². The van der Waals surface area contributed by atoms with E-state index in [-0.39, 0.29) is 30.7 Å². The Labute approximate surface area is 151 Å². The van der Waals surface area contributed by atoms with E-state index in [1.165, 1.54) is 38.2 Å². The van der Waals surface area contributed by atoms with Crippen molar-refractivity contribution in [1.29, 1.82) is 0 Å². The number of hydrogen-bond donors (Lipinski definition) is 1. The van der Waals surface area contributed by atoms with Gasteiger partial charge in [0.1, 0.15) is 23.9 Å². The predicted molar refractivity (Wildman–Crippen MR) is 95.8 cm³/mol. The van der Waals surface area contributed by atoms with Gasteiger partial charge in [0.05, 0.1) is 19.9 Å². The minimum atomic E-state index is -0.352. The Morgan fingerprint density at radius 3 is 2.35 bits per heavy atom. The molecule has 0 atom stereocenters. The number of methoxy groups -OCH3 is 2. The molecule has 1 N–H and O–H groups in total. The summed E-state index contributed by atoms with van der Waals surface area (Å²) in [4.78, 5) is 25.6. The number of nitrogens with one attached hydrogen (secondary N) is 1. The summed E-state index contributed by atoms with van der Waals surface area (Å²) in [5.41, 5.74) is 1.20. The maximum absolute atomic E-state index is 12.9. The fourth-order valence-corrected chi connectivity index (χ4v) is 2.38. The third-order valence-corrected chi connectivity index (χ3v) is 3.76. The van der Waals surface area contributed by atoms with Crippen LogP contribution in [0.1, 0.15) is 12.5 Å². The molecule has 0 aliphatic rings. The van der Waals surface area contributed by atoms with Crippen molar-refractivity contribution in [2.75, 3.05) is 25.7 Å². The normalized spacial score (nSPS) is 10.2. The highest BCUT2D eigenvalue weighted by atomic mass is 19.1. The highest BCUT2D eigenvalue weighted by molar-refractivity contribution is 5.98. The van der Waals surface area contributed by atoms with E-state index in [2.05, 4.69) is 5.32 Å². The van der Waals surface area contributed by atoms with Crippen molar-refractivity contribution in [3.8, 4) is 11.5 Å². The average molecular weight is 360 g/mol. The van der Waals surface area contributed by atoms with Crippen molar-refractivity contribution in [1.82, 2.24) is 5.32 Å². The van der Waals surface area contributed by atoms with E-state index in [4.69, 9.17) is 9.47 Å². The minimum Gasteiger partial charge on any atom is -0.497 e. The Hall–Kier alpha value is -3.09. The summed E-state index contributed by atoms with van der Waals surface area (Å²) in [6, 6.07) is 10.8. The number of nitrogens with zero attached hydrogens (tertiary/aromatic N) is 1. The molecule has 0 saturated heterocycles. The molecule has 0 saturated carbocycles. The van der Waals surface area contributed by atoms with Crippen LogP contribution in [0.3, 0.4) is 0 Å². The van der Waals surface area contributed by atoms with Crippen molar-refractivity contribution in [2.45, 2.75) is 13.5 Å². The van der Waals surface area contributed by atoms with Gasteiger partial charge in [-0.25, -0.2) is 4.39 Å². The van der Waals surface area contributed by atoms with Crippen molar-refractivity contribution in [3.63, 3.8) is 0 Å². The largest absolute Gasteiger partial charge is 0.497 e. The second-order valence-corrected chi connectivity index (χ2v) is 5.55. The maximum atomic E-state index is 12.9. The zero-order valence-electron chi connectivity index (χ0n) is 14.9. The molecule has 0 radical (unpaired) electrons. The van der Waals surface area contributed by atoms with Crippen LogP contribution in [0.2, 0.25) is 0 Å². The van der Waals surface area contributed by atoms with E-state index in [0.717, 1.165) is 5.56 Å². The molecule has 26 heavy (non-hydrogen) atoms. The molecule has 0 spiro atoms. The zero-order valence-corrected chi connectivity index (χ0v) is 14.9. The quantitative estimate of drug-likeness (QED) is 0.824. The van der Waals surface area contributed by atoms with Gasteiger partial charge in [0.2, 0.25) is 11.8 Å². The molecule has 0 aliphatic carbocycles. The number of benzene rings is 2. The molecule has 0 heterocycles. The van der Waals surface area contributed by atoms with Gasteiger partial charge in [-0.1, -0.05) is 12.1 Å². The zero-order chi connectivity index (χ0) is 19.1. The predicted octanol–water partition coefficient (Wildman–Crippen LogP) is 2.51. The SMILES string of the molecule is COc1ccc(OC)c(N(CC(=O)NCc2ccc(F)cc2)C(C)=O)c1. The number of halogens is 1. The summed E-state index contributed by atoms with van der Waals surface area (Å²) >= 11 is 0. The Morgan fingerprint density at radius 1 is 1.08 bits per heavy atom. The third-order valence-electron chi connectivity index (χ3n) is 3.76. The second kappa shape index (κ2) is 8.84. The van der Waals surface area contributed by atoms with Crippen molar-refractivity contribution in [2.24, 2.45) is 0 Å². The molecule has 0 bridgehead atoms. The molecule has 2 aromatic rings. The van der Waals surface area contributed by atoms with Crippen LogP contribution < -0.4 is 19.7 Å². The highest BCUT2D eigenvalue weighted by Gasteiger charge is 2.20. The van der Waals surface area contributed by atoms with Gasteiger partial charge in [0.25, 0.3) is 0 Å². The lowest BCUT2D eigenvalue weighted by Crippen LogP contribution is -2.39. The van der Waals surface area contributed by atoms with Crippen molar-refractivity contribution in [3.05, 3.63) is 53.8 Å². The topological polar surface area (TPSA) is 67.9 Å². The van der Waals surface area contributed by atoms with Crippen LogP contribution in [0.4, 0.5) is 10.1 Å². The molecule has 2 aromatic carbocycles. The van der Waals surface area contributed by atoms with Gasteiger partial charge < -0.3 is 14.8 Å². The minimum absolute atomic E-state index is 0.181. The Balaban J connectivity index is 2.11. The smallest absolute Gasteiger partial charge is 0.240 e. The molecular formula is C19H21FN2O4. The van der Waals surface area contributed by atoms with Crippen LogP contribution in [0.25, 0.3) is 0 Å². The molecule has 0 aliphatic heterocycles. The molecular weight excluding hydrogens is 339 g/mol. The fourth-order valence-electron chi connectivity index (χ4n) is 2.38. The van der Waals surface area contributed by atoms with E-state index < -0.39 is 0 Å². The number of carbonyl (C=O) groups is 2. The number of ether oxygens (including phenoxy) is 2. The maximum Gasteiger partial charge on any atom is 0.240 e. The number of hydrogen-bond acceptors (Lipinski definition) is 4. The molecule has 138 valence electrons. The monoisotopic (exact) mass is 360 g/mol. The van der Waals surface area contributed by atoms with Crippen LogP contribution in [0.5, 0.6) is 11.5 Å². The summed E-state index contributed by atoms with van der Waals surface area (Å²) in [6.07, 6.45) is 0. The highest BCUT2D eigenvalue weighted by Crippen LogP contribution is 2.32. The first-order valence-corrected chi connectivity index (χ1v) is 7.96. The summed E-state index contributed by atoms with van der Waals surface area (Å²) in [6.45, 7) is 1.42. The molecule has 6 nitrogen and oxygen atoms in total. The van der Waals surface area contributed by atoms with Gasteiger partial charge >= 0.3 is 0 Å². The van der Waals surface area contributed by atoms with Gasteiger partial charge in [-0.3, -0.25) is 14.5 Å². The first-order chi connectivity index (χ1) is 12.4. The standard InChI is InChI=1S/C19H21FN2O4/c1-13(23)22(17-10-16(25-2)8-9-18(17)26-3)12-19(24)21-11-14-4-6-15(20)7-5-14/h4-10H,11-12H2,1-3H3,(H,21,24). The lowest BCUT2D eigenvalue weighted by molar-refractivity contribution is -0.123. The van der Waals surface area contributed by atoms with E-state index >= 15 is 0 Å². The number of anilines is 1. The summed E-state index contributed by atoms with van der Waals surface area (Å²) < 4.78 is 23.4. The Kier molecular flexibility index (Phi) is 6.54. The first kappa shape index (κ1) is 19.2. The van der Waals surface area contributed by atoms with Crippen LogP contribution >= 0.6 is 0 Å². The molecule has 0 unspecified atom stereocenters. The van der Waals surface area contributed by atoms with Crippen molar-refractivity contribution < 1.29 is 23.5 Å². The molecule has 0 aromatic heterocycles. The lowest BCUT2D eigenvalue weighted by atomic mass is 10.2. The Bertz CT molecular complexity index is 778. The van der Waals surface area contributed by atoms with Crippen LogP contribution in [0.15, 0.2) is 42.5 Å². The van der Waals surface area contributed by atoms with E-state index in [0.29, 0.717) is 17.2 Å². The lowest BCUT2D eigenvalue weighted by Gasteiger charge is -2.23. The fraction of sp³-hybridized carbons (Fsp3) is 0.263. The van der Waals surface area contributed by atoms with E-state index in [1.807, 2.05) is 0 Å². The summed E-state index contributed by atoms with van der Waals surface area (Å²) in [5.74, 6) is -0.0121. The summed E-state index contributed by atoms with van der Waals surface area (Å²) in [5, 5.41) is 2.71. The van der Waals surface area contributed by atoms with Crippen molar-refractivity contribution >= 4 is 17.5 Å². The van der Waals surface area contributed by atoms with Crippen LogP contribution in [-0.2, 0) is 16.1 Å². The molecule has 2 rings (SSSR count). The van der Waals surface area contributed by atoms with E-state index in [9.17, 15) is 14.0 Å². The van der Waals surface area contributed by atoms with Gasteiger partial charge in [-0.15, -0.1) is 0 Å². The second-order valence-electron chi connectivity index (χ2n) is 5.55. The van der Waals surface area contributed by atoms with Gasteiger partial charge in [0.15, 0.2) is 0 Å². The first-order valence-electron chi connectivity index (χ1n) is 7.96.